The van der Waals surface area contributed by atoms with Gasteiger partial charge in [0.2, 0.25) is 0 Å². The van der Waals surface area contributed by atoms with Crippen LogP contribution in [0.3, 0.4) is 0 Å². The molecule has 1 aromatic rings. The van der Waals surface area contributed by atoms with Gasteiger partial charge in [-0.05, 0) is 6.26 Å². The van der Waals surface area contributed by atoms with Gasteiger partial charge >= 0.3 is 5.97 Å². The minimum Gasteiger partial charge on any atom is -0.469 e. The Morgan fingerprint density at radius 1 is 1.77 bits per heavy atom. The van der Waals surface area contributed by atoms with Crippen molar-refractivity contribution < 1.29 is 9.53 Å². The maximum absolute atomic E-state index is 10.9. The highest BCUT2D eigenvalue weighted by molar-refractivity contribution is 7.97. The standard InChI is InChI=1S/C8H11NO2S2/c1-11-8(10)3-6-4-13-7(9-6)5-12-2/h4H,3,5H2,1-2H3. The number of hydrogen-bond acceptors (Lipinski definition) is 5. The minimum absolute atomic E-state index is 0.235. The van der Waals surface area contributed by atoms with Gasteiger partial charge in [0.05, 0.1) is 19.2 Å². The molecule has 0 N–H and O–H groups in total. The molecule has 72 valence electrons. The molecule has 0 aromatic carbocycles. The third kappa shape index (κ3) is 3.36. The first-order valence-corrected chi connectivity index (χ1v) is 6.02. The van der Waals surface area contributed by atoms with Crippen LogP contribution >= 0.6 is 23.1 Å². The lowest BCUT2D eigenvalue weighted by atomic mass is 10.3. The first kappa shape index (κ1) is 10.5. The van der Waals surface area contributed by atoms with Gasteiger partial charge in [-0.2, -0.15) is 11.8 Å². The maximum Gasteiger partial charge on any atom is 0.311 e. The predicted octanol–water partition coefficient (Wildman–Crippen LogP) is 1.72. The van der Waals surface area contributed by atoms with Gasteiger partial charge in [-0.15, -0.1) is 11.3 Å². The second kappa shape index (κ2) is 5.24. The molecule has 1 heterocycles. The van der Waals surface area contributed by atoms with E-state index in [1.54, 1.807) is 23.1 Å². The summed E-state index contributed by atoms with van der Waals surface area (Å²) in [5, 5.41) is 2.97. The molecule has 0 bridgehead atoms. The summed E-state index contributed by atoms with van der Waals surface area (Å²) in [6, 6.07) is 0. The van der Waals surface area contributed by atoms with Crippen LogP contribution in [-0.2, 0) is 21.7 Å². The Bertz CT molecular complexity index is 285. The molecule has 0 radical (unpaired) electrons. The van der Waals surface area contributed by atoms with Crippen molar-refractivity contribution in [3.8, 4) is 0 Å². The number of hydrogen-bond donors (Lipinski definition) is 0. The van der Waals surface area contributed by atoms with Crippen LogP contribution in [0.4, 0.5) is 0 Å². The first-order valence-electron chi connectivity index (χ1n) is 3.75. The average molecular weight is 217 g/mol. The van der Waals surface area contributed by atoms with E-state index in [2.05, 4.69) is 9.72 Å². The fraction of sp³-hybridized carbons (Fsp3) is 0.500. The van der Waals surface area contributed by atoms with E-state index in [4.69, 9.17) is 0 Å². The summed E-state index contributed by atoms with van der Waals surface area (Å²) in [6.45, 7) is 0. The van der Waals surface area contributed by atoms with Crippen LogP contribution in [0.5, 0.6) is 0 Å². The van der Waals surface area contributed by atoms with Crippen molar-refractivity contribution in [2.75, 3.05) is 13.4 Å². The Balaban J connectivity index is 2.53. The van der Waals surface area contributed by atoms with Crippen LogP contribution in [0.25, 0.3) is 0 Å². The number of ether oxygens (including phenoxy) is 1. The van der Waals surface area contributed by atoms with Gasteiger partial charge in [0.25, 0.3) is 0 Å². The number of thioether (sulfide) groups is 1. The molecule has 0 atom stereocenters. The zero-order valence-corrected chi connectivity index (χ0v) is 9.20. The number of aromatic nitrogens is 1. The number of nitrogens with zero attached hydrogens (tertiary/aromatic N) is 1. The predicted molar refractivity (Wildman–Crippen MR) is 55.1 cm³/mol. The molecule has 0 unspecified atom stereocenters. The number of thiazole rings is 1. The Labute approximate surface area is 85.5 Å². The van der Waals surface area contributed by atoms with E-state index in [0.29, 0.717) is 0 Å². The molecule has 3 nitrogen and oxygen atoms in total. The van der Waals surface area contributed by atoms with E-state index in [-0.39, 0.29) is 12.4 Å². The fourth-order valence-corrected chi connectivity index (χ4v) is 2.36. The van der Waals surface area contributed by atoms with Gasteiger partial charge in [0, 0.05) is 11.1 Å². The van der Waals surface area contributed by atoms with Crippen molar-refractivity contribution in [2.24, 2.45) is 0 Å². The topological polar surface area (TPSA) is 39.2 Å². The fourth-order valence-electron chi connectivity index (χ4n) is 0.840. The van der Waals surface area contributed by atoms with E-state index in [9.17, 15) is 4.79 Å². The molecule has 0 saturated carbocycles. The Hall–Kier alpha value is -0.550. The summed E-state index contributed by atoms with van der Waals surface area (Å²) < 4.78 is 4.54. The van der Waals surface area contributed by atoms with E-state index in [1.165, 1.54) is 7.11 Å². The van der Waals surface area contributed by atoms with Gasteiger partial charge in [0.1, 0.15) is 5.01 Å². The average Bonchev–Trinajstić information content (AvgIpc) is 2.53. The van der Waals surface area contributed by atoms with Crippen LogP contribution in [0, 0.1) is 0 Å². The van der Waals surface area contributed by atoms with Crippen LogP contribution in [0.2, 0.25) is 0 Å². The van der Waals surface area contributed by atoms with Crippen molar-refractivity contribution in [3.63, 3.8) is 0 Å². The minimum atomic E-state index is -0.235. The van der Waals surface area contributed by atoms with Gasteiger partial charge in [-0.25, -0.2) is 4.98 Å². The van der Waals surface area contributed by atoms with Gasteiger partial charge in [-0.1, -0.05) is 0 Å². The third-order valence-corrected chi connectivity index (χ3v) is 3.06. The quantitative estimate of drug-likeness (QED) is 0.720. The molecule has 1 aromatic heterocycles. The summed E-state index contributed by atoms with van der Waals surface area (Å²) in [7, 11) is 1.39. The molecule has 0 aliphatic carbocycles. The van der Waals surface area contributed by atoms with Crippen molar-refractivity contribution in [1.29, 1.82) is 0 Å². The maximum atomic E-state index is 10.9. The normalized spacial score (nSPS) is 10.0. The van der Waals surface area contributed by atoms with Crippen molar-refractivity contribution in [2.45, 2.75) is 12.2 Å². The molecule has 5 heteroatoms. The van der Waals surface area contributed by atoms with Crippen LogP contribution < -0.4 is 0 Å². The highest BCUT2D eigenvalue weighted by atomic mass is 32.2. The number of esters is 1. The molecule has 0 spiro atoms. The molecule has 0 aliphatic rings. The van der Waals surface area contributed by atoms with Crippen LogP contribution in [0.15, 0.2) is 5.38 Å². The van der Waals surface area contributed by atoms with E-state index < -0.39 is 0 Å². The molecule has 0 aliphatic heterocycles. The zero-order valence-electron chi connectivity index (χ0n) is 7.57. The smallest absolute Gasteiger partial charge is 0.311 e. The Morgan fingerprint density at radius 2 is 2.54 bits per heavy atom. The summed E-state index contributed by atoms with van der Waals surface area (Å²) in [4.78, 5) is 15.2. The number of carbonyl (C=O) groups excluding carboxylic acids is 1. The summed E-state index contributed by atoms with van der Waals surface area (Å²) in [5.74, 6) is 0.673. The summed E-state index contributed by atoms with van der Waals surface area (Å²) in [6.07, 6.45) is 2.31. The Kier molecular flexibility index (Phi) is 4.24. The number of rotatable bonds is 4. The van der Waals surface area contributed by atoms with E-state index in [1.807, 2.05) is 11.6 Å². The highest BCUT2D eigenvalue weighted by Crippen LogP contribution is 2.15. The highest BCUT2D eigenvalue weighted by Gasteiger charge is 2.06. The second-order valence-corrected chi connectivity index (χ2v) is 4.23. The molecular weight excluding hydrogens is 206 g/mol. The Morgan fingerprint density at radius 3 is 3.15 bits per heavy atom. The number of methoxy groups -OCH3 is 1. The van der Waals surface area contributed by atoms with Crippen molar-refractivity contribution >= 4 is 29.1 Å². The zero-order chi connectivity index (χ0) is 9.68. The molecule has 1 rings (SSSR count). The van der Waals surface area contributed by atoms with E-state index >= 15 is 0 Å². The van der Waals surface area contributed by atoms with Crippen LogP contribution in [0.1, 0.15) is 10.7 Å². The van der Waals surface area contributed by atoms with Crippen molar-refractivity contribution in [3.05, 3.63) is 16.1 Å². The molecule has 0 saturated heterocycles. The molecule has 0 amide bonds. The number of carbonyl (C=O) groups is 1. The summed E-state index contributed by atoms with van der Waals surface area (Å²) >= 11 is 3.31. The first-order chi connectivity index (χ1) is 6.26. The van der Waals surface area contributed by atoms with E-state index in [0.717, 1.165) is 16.5 Å². The van der Waals surface area contributed by atoms with Gasteiger partial charge < -0.3 is 4.74 Å². The monoisotopic (exact) mass is 217 g/mol. The van der Waals surface area contributed by atoms with Gasteiger partial charge in [0.15, 0.2) is 0 Å². The third-order valence-electron chi connectivity index (χ3n) is 1.42. The molecule has 0 fully saturated rings. The lowest BCUT2D eigenvalue weighted by molar-refractivity contribution is -0.139. The van der Waals surface area contributed by atoms with Crippen LogP contribution in [-0.4, -0.2) is 24.3 Å². The summed E-state index contributed by atoms with van der Waals surface area (Å²) in [5.41, 5.74) is 0.806. The second-order valence-electron chi connectivity index (χ2n) is 2.42. The van der Waals surface area contributed by atoms with Gasteiger partial charge in [-0.3, -0.25) is 4.79 Å². The lowest BCUT2D eigenvalue weighted by Crippen LogP contribution is -2.04. The molecular formula is C8H11NO2S2. The lowest BCUT2D eigenvalue weighted by Gasteiger charge is -1.94. The largest absolute Gasteiger partial charge is 0.469 e. The SMILES string of the molecule is COC(=O)Cc1csc(CSC)n1. The van der Waals surface area contributed by atoms with Crippen molar-refractivity contribution in [1.82, 2.24) is 4.98 Å². The molecule has 13 heavy (non-hydrogen) atoms.